The van der Waals surface area contributed by atoms with Crippen LogP contribution in [0.4, 0.5) is 0 Å². The fourth-order valence-electron chi connectivity index (χ4n) is 2.64. The summed E-state index contributed by atoms with van der Waals surface area (Å²) in [5.74, 6) is 0.698. The summed E-state index contributed by atoms with van der Waals surface area (Å²) in [5.41, 5.74) is 0.385. The first-order valence-electron chi connectivity index (χ1n) is 8.46. The number of nitrogens with zero attached hydrogens (tertiary/aromatic N) is 3. The molecular weight excluding hydrogens is 364 g/mol. The van der Waals surface area contributed by atoms with E-state index in [2.05, 4.69) is 30.5 Å². The van der Waals surface area contributed by atoms with Crippen molar-refractivity contribution in [1.82, 2.24) is 30.5 Å². The molecular formula is C18H16N6O4. The van der Waals surface area contributed by atoms with Crippen LogP contribution in [0.5, 0.6) is 5.75 Å². The monoisotopic (exact) mass is 380 g/mol. The molecule has 0 bridgehead atoms. The molecule has 4 aromatic rings. The van der Waals surface area contributed by atoms with Crippen molar-refractivity contribution in [1.29, 1.82) is 0 Å². The molecule has 0 unspecified atom stereocenters. The van der Waals surface area contributed by atoms with E-state index < -0.39 is 17.6 Å². The highest BCUT2D eigenvalue weighted by molar-refractivity contribution is 5.92. The van der Waals surface area contributed by atoms with Crippen LogP contribution in [0.2, 0.25) is 0 Å². The second-order valence-corrected chi connectivity index (χ2v) is 6.00. The van der Waals surface area contributed by atoms with Crippen molar-refractivity contribution in [3.05, 3.63) is 70.7 Å². The number of aromatic nitrogens is 5. The van der Waals surface area contributed by atoms with Crippen LogP contribution in [0.25, 0.3) is 10.9 Å². The molecule has 0 spiro atoms. The van der Waals surface area contributed by atoms with E-state index in [4.69, 9.17) is 9.15 Å². The molecule has 10 nitrogen and oxygen atoms in total. The molecule has 4 rings (SSSR count). The van der Waals surface area contributed by atoms with Crippen molar-refractivity contribution >= 4 is 16.8 Å². The molecule has 0 aliphatic heterocycles. The Morgan fingerprint density at radius 3 is 3.00 bits per heavy atom. The normalized spacial score (nSPS) is 12.0. The Balaban J connectivity index is 1.41. The Kier molecular flexibility index (Phi) is 4.58. The zero-order valence-electron chi connectivity index (χ0n) is 14.8. The lowest BCUT2D eigenvalue weighted by molar-refractivity contribution is 0.0933. The summed E-state index contributed by atoms with van der Waals surface area (Å²) >= 11 is 0. The number of carbonyl (C=O) groups excluding carboxylic acids is 1. The van der Waals surface area contributed by atoms with Crippen molar-refractivity contribution < 1.29 is 13.9 Å². The number of fused-ring (bicyclic) bond motifs is 1. The highest BCUT2D eigenvalue weighted by Gasteiger charge is 2.18. The van der Waals surface area contributed by atoms with Crippen molar-refractivity contribution in [3.8, 4) is 5.75 Å². The number of H-pyrrole nitrogens is 2. The molecule has 0 radical (unpaired) electrons. The topological polar surface area (TPSA) is 139 Å². The van der Waals surface area contributed by atoms with Gasteiger partial charge in [-0.25, -0.2) is 14.9 Å². The van der Waals surface area contributed by atoms with Gasteiger partial charge in [0.2, 0.25) is 5.89 Å². The number of hydrogen-bond donors (Lipinski definition) is 3. The lowest BCUT2D eigenvalue weighted by Gasteiger charge is -2.08. The smallest absolute Gasteiger partial charge is 0.340 e. The van der Waals surface area contributed by atoms with Gasteiger partial charge in [-0.1, -0.05) is 18.2 Å². The summed E-state index contributed by atoms with van der Waals surface area (Å²) < 4.78 is 11.1. The standard InChI is InChI=1S/C18H16N6O4/c1-10(16-22-18(26)24-23-16)20-17(25)12-8-28-14(21-12)9-27-13-6-2-4-11-5-3-7-19-15(11)13/h2-8,10H,9H2,1H3,(H,20,25)(H2,22,23,24,26)/t10-/m0/s1. The average Bonchev–Trinajstić information content (AvgIpc) is 3.35. The Hall–Kier alpha value is -3.95. The lowest BCUT2D eigenvalue weighted by atomic mass is 10.2. The fraction of sp³-hybridized carbons (Fsp3) is 0.167. The van der Waals surface area contributed by atoms with E-state index in [-0.39, 0.29) is 18.2 Å². The van der Waals surface area contributed by atoms with E-state index in [0.29, 0.717) is 11.6 Å². The molecule has 142 valence electrons. The minimum Gasteiger partial charge on any atom is -0.482 e. The summed E-state index contributed by atoms with van der Waals surface area (Å²) in [6.07, 6.45) is 2.94. The number of pyridine rings is 1. The number of ether oxygens (including phenoxy) is 1. The van der Waals surface area contributed by atoms with Gasteiger partial charge in [0.15, 0.2) is 18.1 Å². The maximum absolute atomic E-state index is 12.3. The molecule has 3 heterocycles. The zero-order valence-corrected chi connectivity index (χ0v) is 14.8. The number of hydrogen-bond acceptors (Lipinski definition) is 7. The Morgan fingerprint density at radius 2 is 2.18 bits per heavy atom. The number of nitrogens with one attached hydrogen (secondary N) is 3. The van der Waals surface area contributed by atoms with Crippen LogP contribution < -0.4 is 15.7 Å². The molecule has 0 aliphatic rings. The first-order chi connectivity index (χ1) is 13.6. The minimum atomic E-state index is -0.510. The molecule has 0 aliphatic carbocycles. The molecule has 10 heteroatoms. The third-order valence-electron chi connectivity index (χ3n) is 4.01. The summed E-state index contributed by atoms with van der Waals surface area (Å²) in [6.45, 7) is 1.73. The number of benzene rings is 1. The van der Waals surface area contributed by atoms with E-state index in [9.17, 15) is 9.59 Å². The zero-order chi connectivity index (χ0) is 19.5. The molecule has 0 fully saturated rings. The molecule has 28 heavy (non-hydrogen) atoms. The molecule has 3 N–H and O–H groups in total. The largest absolute Gasteiger partial charge is 0.482 e. The van der Waals surface area contributed by atoms with Crippen molar-refractivity contribution in [2.24, 2.45) is 0 Å². The number of rotatable bonds is 6. The van der Waals surface area contributed by atoms with Gasteiger partial charge in [-0.2, -0.15) is 5.10 Å². The van der Waals surface area contributed by atoms with Gasteiger partial charge in [0.25, 0.3) is 5.91 Å². The number of aromatic amines is 2. The van der Waals surface area contributed by atoms with Gasteiger partial charge in [0, 0.05) is 11.6 Å². The first kappa shape index (κ1) is 17.5. The fourth-order valence-corrected chi connectivity index (χ4v) is 2.64. The van der Waals surface area contributed by atoms with Crippen LogP contribution >= 0.6 is 0 Å². The highest BCUT2D eigenvalue weighted by atomic mass is 16.5. The van der Waals surface area contributed by atoms with Gasteiger partial charge in [-0.15, -0.1) is 0 Å². The minimum absolute atomic E-state index is 0.0468. The molecule has 1 aromatic carbocycles. The van der Waals surface area contributed by atoms with Gasteiger partial charge in [0.1, 0.15) is 17.5 Å². The van der Waals surface area contributed by atoms with Crippen molar-refractivity contribution in [2.75, 3.05) is 0 Å². The van der Waals surface area contributed by atoms with E-state index in [1.54, 1.807) is 19.2 Å². The number of oxazole rings is 1. The third-order valence-corrected chi connectivity index (χ3v) is 4.01. The maximum atomic E-state index is 12.3. The Bertz CT molecular complexity index is 1170. The summed E-state index contributed by atoms with van der Waals surface area (Å²) in [6, 6.07) is 8.90. The highest BCUT2D eigenvalue weighted by Crippen LogP contribution is 2.23. The van der Waals surface area contributed by atoms with E-state index in [1.807, 2.05) is 24.3 Å². The molecule has 0 saturated carbocycles. The second kappa shape index (κ2) is 7.35. The molecule has 1 amide bonds. The van der Waals surface area contributed by atoms with Gasteiger partial charge < -0.3 is 14.5 Å². The maximum Gasteiger partial charge on any atom is 0.340 e. The van der Waals surface area contributed by atoms with E-state index >= 15 is 0 Å². The third kappa shape index (κ3) is 3.61. The summed E-state index contributed by atoms with van der Waals surface area (Å²) in [5, 5.41) is 9.65. The van der Waals surface area contributed by atoms with E-state index in [0.717, 1.165) is 10.9 Å². The van der Waals surface area contributed by atoms with Crippen molar-refractivity contribution in [3.63, 3.8) is 0 Å². The molecule has 0 saturated heterocycles. The van der Waals surface area contributed by atoms with Crippen LogP contribution in [0.15, 0.2) is 52.0 Å². The van der Waals surface area contributed by atoms with Crippen LogP contribution in [0, 0.1) is 0 Å². The second-order valence-electron chi connectivity index (χ2n) is 6.00. The summed E-state index contributed by atoms with van der Waals surface area (Å²) in [4.78, 5) is 34.3. The van der Waals surface area contributed by atoms with Gasteiger partial charge >= 0.3 is 5.69 Å². The predicted octanol–water partition coefficient (Wildman–Crippen LogP) is 1.70. The van der Waals surface area contributed by atoms with E-state index in [1.165, 1.54) is 6.26 Å². The van der Waals surface area contributed by atoms with Crippen LogP contribution in [0.3, 0.4) is 0 Å². The van der Waals surface area contributed by atoms with Crippen LogP contribution in [-0.2, 0) is 6.61 Å². The number of para-hydroxylation sites is 1. The van der Waals surface area contributed by atoms with Crippen LogP contribution in [0.1, 0.15) is 35.2 Å². The summed E-state index contributed by atoms with van der Waals surface area (Å²) in [7, 11) is 0. The lowest BCUT2D eigenvalue weighted by Crippen LogP contribution is -2.28. The molecule has 3 aromatic heterocycles. The first-order valence-corrected chi connectivity index (χ1v) is 8.46. The number of carbonyl (C=O) groups is 1. The van der Waals surface area contributed by atoms with Crippen molar-refractivity contribution in [2.45, 2.75) is 19.6 Å². The van der Waals surface area contributed by atoms with Gasteiger partial charge in [-0.3, -0.25) is 14.8 Å². The Labute approximate surface area is 158 Å². The average molecular weight is 380 g/mol. The Morgan fingerprint density at radius 1 is 1.32 bits per heavy atom. The SMILES string of the molecule is C[C@H](NC(=O)c1coc(COc2cccc3cccnc23)n1)c1n[nH]c(=O)[nH]1. The van der Waals surface area contributed by atoms with Gasteiger partial charge in [0.05, 0.1) is 6.04 Å². The quantitative estimate of drug-likeness (QED) is 0.463. The number of amides is 1. The molecule has 1 atom stereocenters. The van der Waals surface area contributed by atoms with Gasteiger partial charge in [-0.05, 0) is 19.1 Å². The van der Waals surface area contributed by atoms with Crippen LogP contribution in [-0.4, -0.2) is 31.1 Å². The predicted molar refractivity (Wildman–Crippen MR) is 97.7 cm³/mol.